The molecule has 4 nitrogen and oxygen atoms in total. The predicted octanol–water partition coefficient (Wildman–Crippen LogP) is 1.75. The van der Waals surface area contributed by atoms with Gasteiger partial charge in [-0.2, -0.15) is 0 Å². The van der Waals surface area contributed by atoms with Crippen LogP contribution in [0.3, 0.4) is 0 Å². The van der Waals surface area contributed by atoms with Crippen molar-refractivity contribution >= 4 is 6.29 Å². The lowest BCUT2D eigenvalue weighted by molar-refractivity contribution is 0.112. The molecule has 0 saturated heterocycles. The van der Waals surface area contributed by atoms with Gasteiger partial charge in [-0.1, -0.05) is 30.3 Å². The van der Waals surface area contributed by atoms with Gasteiger partial charge >= 0.3 is 0 Å². The minimum Gasteiger partial charge on any atom is -0.479 e. The Balaban J connectivity index is 2.22. The van der Waals surface area contributed by atoms with E-state index in [0.717, 1.165) is 11.8 Å². The van der Waals surface area contributed by atoms with Gasteiger partial charge in [-0.3, -0.25) is 9.48 Å². The minimum absolute atomic E-state index is 0.367. The molecule has 0 bridgehead atoms. The van der Waals surface area contributed by atoms with Crippen molar-refractivity contribution in [1.82, 2.24) is 9.78 Å². The van der Waals surface area contributed by atoms with Crippen LogP contribution in [0.2, 0.25) is 0 Å². The van der Waals surface area contributed by atoms with E-state index in [9.17, 15) is 4.79 Å². The van der Waals surface area contributed by atoms with E-state index < -0.39 is 0 Å². The summed E-state index contributed by atoms with van der Waals surface area (Å²) in [6, 6.07) is 9.92. The van der Waals surface area contributed by atoms with Gasteiger partial charge in [-0.15, -0.1) is 5.10 Å². The molecule has 4 heteroatoms. The Bertz CT molecular complexity index is 477. The normalized spacial score (nSPS) is 10.1. The van der Waals surface area contributed by atoms with Gasteiger partial charge in [0.15, 0.2) is 6.29 Å². The van der Waals surface area contributed by atoms with Gasteiger partial charge in [0.05, 0.1) is 19.2 Å². The molecule has 0 spiro atoms. The third-order valence-corrected chi connectivity index (χ3v) is 2.26. The van der Waals surface area contributed by atoms with Crippen molar-refractivity contribution in [3.8, 4) is 5.88 Å². The van der Waals surface area contributed by atoms with E-state index in [0.29, 0.717) is 18.0 Å². The summed E-state index contributed by atoms with van der Waals surface area (Å²) in [6.07, 6.45) is 2.42. The van der Waals surface area contributed by atoms with Crippen LogP contribution in [0.4, 0.5) is 0 Å². The summed E-state index contributed by atoms with van der Waals surface area (Å²) in [6.45, 7) is 0.630. The van der Waals surface area contributed by atoms with E-state index in [1.807, 2.05) is 30.3 Å². The summed E-state index contributed by atoms with van der Waals surface area (Å²) in [5, 5.41) is 4.16. The largest absolute Gasteiger partial charge is 0.479 e. The van der Waals surface area contributed by atoms with Crippen LogP contribution >= 0.6 is 0 Å². The fourth-order valence-electron chi connectivity index (χ4n) is 1.51. The van der Waals surface area contributed by atoms with Crippen LogP contribution in [-0.2, 0) is 6.54 Å². The average molecular weight is 216 g/mol. The second-order valence-electron chi connectivity index (χ2n) is 3.39. The fourth-order valence-corrected chi connectivity index (χ4v) is 1.51. The molecule has 1 aromatic carbocycles. The number of aromatic nitrogens is 2. The Hall–Kier alpha value is -2.10. The van der Waals surface area contributed by atoms with Gasteiger partial charge < -0.3 is 4.74 Å². The molecule has 0 fully saturated rings. The lowest BCUT2D eigenvalue weighted by atomic mass is 10.2. The minimum atomic E-state index is 0.367. The maximum Gasteiger partial charge on any atom is 0.243 e. The zero-order chi connectivity index (χ0) is 11.4. The first kappa shape index (κ1) is 10.4. The molecule has 0 radical (unpaired) electrons. The summed E-state index contributed by atoms with van der Waals surface area (Å²) >= 11 is 0. The first-order chi connectivity index (χ1) is 7.83. The zero-order valence-corrected chi connectivity index (χ0v) is 8.96. The van der Waals surface area contributed by atoms with Crippen LogP contribution in [0.1, 0.15) is 15.9 Å². The second kappa shape index (κ2) is 4.61. The molecule has 0 N–H and O–H groups in total. The van der Waals surface area contributed by atoms with Crippen LogP contribution in [0.15, 0.2) is 36.5 Å². The van der Waals surface area contributed by atoms with Crippen LogP contribution in [-0.4, -0.2) is 23.2 Å². The molecule has 0 aliphatic carbocycles. The number of carbonyl (C=O) groups excluding carboxylic acids is 1. The standard InChI is InChI=1S/C12H12N2O2/c1-16-12-11(9-15)8-14(13-12)7-10-5-3-2-4-6-10/h2-6,8-9H,7H2,1H3. The van der Waals surface area contributed by atoms with Crippen molar-refractivity contribution in [3.05, 3.63) is 47.7 Å². The van der Waals surface area contributed by atoms with Gasteiger partial charge in [0, 0.05) is 6.20 Å². The molecule has 2 aromatic rings. The summed E-state index contributed by atoms with van der Waals surface area (Å²) in [5.74, 6) is 0.367. The number of hydrogen-bond acceptors (Lipinski definition) is 3. The van der Waals surface area contributed by atoms with E-state index in [4.69, 9.17) is 4.74 Å². The van der Waals surface area contributed by atoms with Crippen molar-refractivity contribution in [2.45, 2.75) is 6.54 Å². The number of hydrogen-bond donors (Lipinski definition) is 0. The monoisotopic (exact) mass is 216 g/mol. The molecule has 16 heavy (non-hydrogen) atoms. The van der Waals surface area contributed by atoms with E-state index in [1.165, 1.54) is 7.11 Å². The van der Waals surface area contributed by atoms with Crippen LogP contribution in [0, 0.1) is 0 Å². The number of ether oxygens (including phenoxy) is 1. The molecule has 1 heterocycles. The predicted molar refractivity (Wildman–Crippen MR) is 59.7 cm³/mol. The number of methoxy groups -OCH3 is 1. The van der Waals surface area contributed by atoms with Crippen molar-refractivity contribution in [3.63, 3.8) is 0 Å². The SMILES string of the molecule is COc1nn(Cc2ccccc2)cc1C=O. The second-order valence-corrected chi connectivity index (χ2v) is 3.39. The molecule has 0 aliphatic rings. The molecule has 82 valence electrons. The maximum absolute atomic E-state index is 10.7. The molecule has 0 unspecified atom stereocenters. The van der Waals surface area contributed by atoms with E-state index >= 15 is 0 Å². The summed E-state index contributed by atoms with van der Waals surface area (Å²) < 4.78 is 6.68. The van der Waals surface area contributed by atoms with Crippen molar-refractivity contribution in [2.75, 3.05) is 7.11 Å². The van der Waals surface area contributed by atoms with Gasteiger partial charge in [-0.25, -0.2) is 0 Å². The third-order valence-electron chi connectivity index (χ3n) is 2.26. The van der Waals surface area contributed by atoms with Gasteiger partial charge in [-0.05, 0) is 5.56 Å². The first-order valence-electron chi connectivity index (χ1n) is 4.94. The van der Waals surface area contributed by atoms with Gasteiger partial charge in [0.25, 0.3) is 0 Å². The highest BCUT2D eigenvalue weighted by Crippen LogP contribution is 2.13. The van der Waals surface area contributed by atoms with Crippen molar-refractivity contribution < 1.29 is 9.53 Å². The highest BCUT2D eigenvalue weighted by molar-refractivity contribution is 5.77. The quantitative estimate of drug-likeness (QED) is 0.731. The topological polar surface area (TPSA) is 44.1 Å². The van der Waals surface area contributed by atoms with Crippen molar-refractivity contribution in [1.29, 1.82) is 0 Å². The Kier molecular flexibility index (Phi) is 3.00. The van der Waals surface area contributed by atoms with E-state index in [2.05, 4.69) is 5.10 Å². The zero-order valence-electron chi connectivity index (χ0n) is 8.96. The Morgan fingerprint density at radius 2 is 2.12 bits per heavy atom. The molecule has 1 aromatic heterocycles. The Morgan fingerprint density at radius 1 is 1.38 bits per heavy atom. The number of rotatable bonds is 4. The number of nitrogens with zero attached hydrogens (tertiary/aromatic N) is 2. The molecule has 0 atom stereocenters. The maximum atomic E-state index is 10.7. The molecule has 2 rings (SSSR count). The average Bonchev–Trinajstić information content (AvgIpc) is 2.72. The molecule has 0 saturated carbocycles. The Morgan fingerprint density at radius 3 is 2.69 bits per heavy atom. The first-order valence-corrected chi connectivity index (χ1v) is 4.94. The summed E-state index contributed by atoms with van der Waals surface area (Å²) in [7, 11) is 1.50. The smallest absolute Gasteiger partial charge is 0.243 e. The van der Waals surface area contributed by atoms with E-state index in [1.54, 1.807) is 10.9 Å². The van der Waals surface area contributed by atoms with Crippen molar-refractivity contribution in [2.24, 2.45) is 0 Å². The highest BCUT2D eigenvalue weighted by Gasteiger charge is 2.07. The number of carbonyl (C=O) groups is 1. The molecular weight excluding hydrogens is 204 g/mol. The van der Waals surface area contributed by atoms with E-state index in [-0.39, 0.29) is 0 Å². The summed E-state index contributed by atoms with van der Waals surface area (Å²) in [4.78, 5) is 10.7. The van der Waals surface area contributed by atoms with Crippen LogP contribution in [0.25, 0.3) is 0 Å². The molecular formula is C12H12N2O2. The van der Waals surface area contributed by atoms with Gasteiger partial charge in [0.2, 0.25) is 5.88 Å². The number of aldehydes is 1. The lowest BCUT2D eigenvalue weighted by Crippen LogP contribution is -2.00. The molecule has 0 aliphatic heterocycles. The van der Waals surface area contributed by atoms with Crippen LogP contribution in [0.5, 0.6) is 5.88 Å². The Labute approximate surface area is 93.5 Å². The van der Waals surface area contributed by atoms with Gasteiger partial charge in [0.1, 0.15) is 0 Å². The molecule has 0 amide bonds. The third kappa shape index (κ3) is 2.11. The summed E-state index contributed by atoms with van der Waals surface area (Å²) in [5.41, 5.74) is 1.60. The fraction of sp³-hybridized carbons (Fsp3) is 0.167. The highest BCUT2D eigenvalue weighted by atomic mass is 16.5. The lowest BCUT2D eigenvalue weighted by Gasteiger charge is -2.00. The van der Waals surface area contributed by atoms with Crippen LogP contribution < -0.4 is 4.74 Å². The number of benzene rings is 1.